The minimum absolute atomic E-state index is 0.241. The van der Waals surface area contributed by atoms with E-state index in [1.165, 1.54) is 0 Å². The first kappa shape index (κ1) is 22.0. The molecule has 0 aromatic heterocycles. The summed E-state index contributed by atoms with van der Waals surface area (Å²) in [6.45, 7) is 1.78. The number of nitrogens with one attached hydrogen (secondary N) is 2. The van der Waals surface area contributed by atoms with Crippen LogP contribution in [0.5, 0.6) is 5.75 Å². The average molecular weight is 420 g/mol. The smallest absolute Gasteiger partial charge is 0.312 e. The zero-order valence-electron chi connectivity index (χ0n) is 15.8. The van der Waals surface area contributed by atoms with Gasteiger partial charge in [0, 0.05) is 5.02 Å². The summed E-state index contributed by atoms with van der Waals surface area (Å²) in [6.07, 6.45) is -0.241. The normalized spacial score (nSPS) is 11.2. The number of benzene rings is 2. The van der Waals surface area contributed by atoms with E-state index in [1.807, 2.05) is 6.92 Å². The van der Waals surface area contributed by atoms with Crippen LogP contribution in [0.2, 0.25) is 5.02 Å². The van der Waals surface area contributed by atoms with Gasteiger partial charge in [0.1, 0.15) is 5.75 Å². The maximum absolute atomic E-state index is 12.2. The van der Waals surface area contributed by atoms with E-state index in [0.29, 0.717) is 28.6 Å². The molecule has 154 valence electrons. The molecule has 0 aliphatic heterocycles. The number of hydrogen-bond donors (Lipinski definition) is 3. The quantitative estimate of drug-likeness (QED) is 0.539. The van der Waals surface area contributed by atoms with Gasteiger partial charge in [0.25, 0.3) is 5.91 Å². The van der Waals surface area contributed by atoms with Crippen molar-refractivity contribution in [2.75, 3.05) is 18.5 Å². The second kappa shape index (κ2) is 10.9. The summed E-state index contributed by atoms with van der Waals surface area (Å²) in [7, 11) is 0. The van der Waals surface area contributed by atoms with E-state index in [2.05, 4.69) is 10.6 Å². The van der Waals surface area contributed by atoms with Gasteiger partial charge in [-0.2, -0.15) is 0 Å². The number of para-hydroxylation sites is 2. The van der Waals surface area contributed by atoms with Crippen molar-refractivity contribution in [3.05, 3.63) is 59.1 Å². The number of ether oxygens (including phenoxy) is 2. The Bertz CT molecular complexity index is 875. The van der Waals surface area contributed by atoms with Gasteiger partial charge in [-0.3, -0.25) is 9.59 Å². The Kier molecular flexibility index (Phi) is 8.29. The molecule has 0 aliphatic rings. The molecule has 4 N–H and O–H groups in total. The lowest BCUT2D eigenvalue weighted by Gasteiger charge is -2.18. The third-order valence-corrected chi connectivity index (χ3v) is 4.14. The first-order valence-corrected chi connectivity index (χ1v) is 9.26. The number of halogens is 1. The number of hydrogen-bond acceptors (Lipinski definition) is 5. The van der Waals surface area contributed by atoms with Gasteiger partial charge in [0.15, 0.2) is 6.61 Å². The van der Waals surface area contributed by atoms with Crippen LogP contribution in [0, 0.1) is 0 Å². The van der Waals surface area contributed by atoms with Crippen molar-refractivity contribution in [3.63, 3.8) is 0 Å². The number of carbonyl (C=O) groups excluding carboxylic acids is 3. The van der Waals surface area contributed by atoms with Crippen LogP contribution in [0.4, 0.5) is 10.5 Å². The van der Waals surface area contributed by atoms with Gasteiger partial charge >= 0.3 is 12.0 Å². The molecule has 0 saturated heterocycles. The Hall–Kier alpha value is -3.26. The summed E-state index contributed by atoms with van der Waals surface area (Å²) in [5.41, 5.74) is 6.17. The average Bonchev–Trinajstić information content (AvgIpc) is 2.68. The van der Waals surface area contributed by atoms with Crippen molar-refractivity contribution in [1.29, 1.82) is 0 Å². The van der Waals surface area contributed by atoms with Crippen LogP contribution in [0.1, 0.15) is 24.9 Å². The standard InChI is InChI=1S/C20H22ClN3O5/c1-2-28-17-10-6-5-9-15(17)23-18(25)12-29-19(26)11-16(24-20(22)27)13-7-3-4-8-14(13)21/h3-10,16H,2,11-12H2,1H3,(H,23,25)(H3,22,24,27)/t16-/m1/s1. The summed E-state index contributed by atoms with van der Waals surface area (Å²) in [5.74, 6) is -0.710. The number of carbonyl (C=O) groups is 3. The van der Waals surface area contributed by atoms with Gasteiger partial charge in [0.05, 0.1) is 24.8 Å². The molecule has 29 heavy (non-hydrogen) atoms. The van der Waals surface area contributed by atoms with Crippen LogP contribution in [0.15, 0.2) is 48.5 Å². The third-order valence-electron chi connectivity index (χ3n) is 3.79. The van der Waals surface area contributed by atoms with Crippen molar-refractivity contribution < 1.29 is 23.9 Å². The molecule has 0 unspecified atom stereocenters. The molecule has 0 fully saturated rings. The largest absolute Gasteiger partial charge is 0.492 e. The zero-order valence-corrected chi connectivity index (χ0v) is 16.6. The first-order chi connectivity index (χ1) is 13.9. The van der Waals surface area contributed by atoms with E-state index in [4.69, 9.17) is 26.8 Å². The van der Waals surface area contributed by atoms with E-state index < -0.39 is 30.6 Å². The molecule has 3 amide bonds. The molecule has 0 saturated carbocycles. The summed E-state index contributed by atoms with van der Waals surface area (Å²) in [6, 6.07) is 12.0. The summed E-state index contributed by atoms with van der Waals surface area (Å²) in [5, 5.41) is 5.44. The summed E-state index contributed by atoms with van der Waals surface area (Å²) in [4.78, 5) is 35.6. The minimum atomic E-state index is -0.812. The van der Waals surface area contributed by atoms with Crippen molar-refractivity contribution >= 4 is 35.2 Å². The van der Waals surface area contributed by atoms with Crippen LogP contribution < -0.4 is 21.1 Å². The molecular weight excluding hydrogens is 398 g/mol. The summed E-state index contributed by atoms with van der Waals surface area (Å²) < 4.78 is 10.4. The molecule has 0 radical (unpaired) electrons. The monoisotopic (exact) mass is 419 g/mol. The van der Waals surface area contributed by atoms with Crippen LogP contribution in [-0.4, -0.2) is 31.1 Å². The van der Waals surface area contributed by atoms with Crippen LogP contribution in [0.3, 0.4) is 0 Å². The Morgan fingerprint density at radius 2 is 1.79 bits per heavy atom. The topological polar surface area (TPSA) is 120 Å². The number of urea groups is 1. The SMILES string of the molecule is CCOc1ccccc1NC(=O)COC(=O)C[C@@H](NC(N)=O)c1ccccc1Cl. The van der Waals surface area contributed by atoms with Crippen LogP contribution >= 0.6 is 11.6 Å². The molecule has 0 spiro atoms. The Labute approximate surface area is 173 Å². The highest BCUT2D eigenvalue weighted by molar-refractivity contribution is 6.31. The molecule has 2 rings (SSSR count). The summed E-state index contributed by atoms with van der Waals surface area (Å²) >= 11 is 6.12. The number of rotatable bonds is 9. The highest BCUT2D eigenvalue weighted by atomic mass is 35.5. The van der Waals surface area contributed by atoms with Crippen LogP contribution in [0.25, 0.3) is 0 Å². The zero-order chi connectivity index (χ0) is 21.2. The minimum Gasteiger partial charge on any atom is -0.492 e. The molecule has 0 heterocycles. The van der Waals surface area contributed by atoms with Gasteiger partial charge in [-0.1, -0.05) is 41.9 Å². The van der Waals surface area contributed by atoms with Gasteiger partial charge < -0.3 is 25.8 Å². The third kappa shape index (κ3) is 7.00. The van der Waals surface area contributed by atoms with Crippen molar-refractivity contribution in [3.8, 4) is 5.75 Å². The number of nitrogens with two attached hydrogens (primary N) is 1. The maximum Gasteiger partial charge on any atom is 0.312 e. The van der Waals surface area contributed by atoms with Gasteiger partial charge in [0.2, 0.25) is 0 Å². The molecule has 0 aliphatic carbocycles. The van der Waals surface area contributed by atoms with E-state index >= 15 is 0 Å². The van der Waals surface area contributed by atoms with Crippen molar-refractivity contribution in [2.24, 2.45) is 5.73 Å². The Morgan fingerprint density at radius 3 is 2.48 bits per heavy atom. The molecule has 2 aromatic carbocycles. The Morgan fingerprint density at radius 1 is 1.10 bits per heavy atom. The van der Waals surface area contributed by atoms with Crippen LogP contribution in [-0.2, 0) is 14.3 Å². The molecule has 2 aromatic rings. The highest BCUT2D eigenvalue weighted by Crippen LogP contribution is 2.26. The van der Waals surface area contributed by atoms with E-state index in [9.17, 15) is 14.4 Å². The van der Waals surface area contributed by atoms with Gasteiger partial charge in [-0.25, -0.2) is 4.79 Å². The molecule has 1 atom stereocenters. The number of esters is 1. The molecule has 0 bridgehead atoms. The van der Waals surface area contributed by atoms with Gasteiger partial charge in [-0.05, 0) is 30.7 Å². The van der Waals surface area contributed by atoms with E-state index in [1.54, 1.807) is 48.5 Å². The lowest BCUT2D eigenvalue weighted by molar-refractivity contribution is -0.147. The number of anilines is 1. The second-order valence-corrected chi connectivity index (χ2v) is 6.33. The second-order valence-electron chi connectivity index (χ2n) is 5.92. The highest BCUT2D eigenvalue weighted by Gasteiger charge is 2.21. The lowest BCUT2D eigenvalue weighted by Crippen LogP contribution is -2.35. The number of primary amides is 1. The molecular formula is C20H22ClN3O5. The Balaban J connectivity index is 1.94. The number of amides is 3. The fourth-order valence-corrected chi connectivity index (χ4v) is 2.84. The maximum atomic E-state index is 12.2. The van der Waals surface area contributed by atoms with Gasteiger partial charge in [-0.15, -0.1) is 0 Å². The van der Waals surface area contributed by atoms with E-state index in [-0.39, 0.29) is 6.42 Å². The fourth-order valence-electron chi connectivity index (χ4n) is 2.58. The van der Waals surface area contributed by atoms with E-state index in [0.717, 1.165) is 0 Å². The predicted octanol–water partition coefficient (Wildman–Crippen LogP) is 3.02. The molecule has 9 heteroatoms. The fraction of sp³-hybridized carbons (Fsp3) is 0.250. The van der Waals surface area contributed by atoms with Crippen molar-refractivity contribution in [2.45, 2.75) is 19.4 Å². The molecule has 8 nitrogen and oxygen atoms in total. The van der Waals surface area contributed by atoms with Crippen molar-refractivity contribution in [1.82, 2.24) is 5.32 Å². The predicted molar refractivity (Wildman–Crippen MR) is 109 cm³/mol. The lowest BCUT2D eigenvalue weighted by atomic mass is 10.0. The first-order valence-electron chi connectivity index (χ1n) is 8.88.